The van der Waals surface area contributed by atoms with Crippen molar-refractivity contribution in [2.24, 2.45) is 0 Å². The maximum Gasteiger partial charge on any atom is 0.127 e. The van der Waals surface area contributed by atoms with E-state index < -0.39 is 0 Å². The van der Waals surface area contributed by atoms with Gasteiger partial charge < -0.3 is 5.32 Å². The van der Waals surface area contributed by atoms with Gasteiger partial charge in [0.05, 0.1) is 0 Å². The minimum Gasteiger partial charge on any atom is -0.308 e. The number of hydrogen-bond donors (Lipinski definition) is 1. The van der Waals surface area contributed by atoms with Gasteiger partial charge in [-0.15, -0.1) is 0 Å². The van der Waals surface area contributed by atoms with Crippen LogP contribution in [0.2, 0.25) is 5.02 Å². The summed E-state index contributed by atoms with van der Waals surface area (Å²) in [6.45, 7) is 11.2. The molecule has 2 nitrogen and oxygen atoms in total. The molecule has 1 atom stereocenters. The van der Waals surface area contributed by atoms with Gasteiger partial charge in [0.2, 0.25) is 0 Å². The molecule has 0 bridgehead atoms. The number of nitrogens with zero attached hydrogens (tertiary/aromatic N) is 1. The van der Waals surface area contributed by atoms with Crippen LogP contribution >= 0.6 is 11.6 Å². The van der Waals surface area contributed by atoms with Gasteiger partial charge in [-0.3, -0.25) is 4.90 Å². The van der Waals surface area contributed by atoms with Crippen molar-refractivity contribution in [1.29, 1.82) is 0 Å². The molecular formula is C16H24ClFN2. The summed E-state index contributed by atoms with van der Waals surface area (Å²) in [5.74, 6) is -0.179. The van der Waals surface area contributed by atoms with Crippen molar-refractivity contribution in [3.63, 3.8) is 0 Å². The van der Waals surface area contributed by atoms with E-state index in [2.05, 4.69) is 37.9 Å². The van der Waals surface area contributed by atoms with Crippen LogP contribution in [0.5, 0.6) is 0 Å². The summed E-state index contributed by atoms with van der Waals surface area (Å²) in [6.07, 6.45) is 1.05. The smallest absolute Gasteiger partial charge is 0.127 e. The fraction of sp³-hybridized carbons (Fsp3) is 0.625. The van der Waals surface area contributed by atoms with Gasteiger partial charge in [0.1, 0.15) is 5.82 Å². The molecule has 1 aliphatic rings. The van der Waals surface area contributed by atoms with Gasteiger partial charge >= 0.3 is 0 Å². The van der Waals surface area contributed by atoms with Crippen LogP contribution in [0.1, 0.15) is 39.7 Å². The molecule has 4 heteroatoms. The zero-order chi connectivity index (χ0) is 15.0. The second kappa shape index (κ2) is 5.63. The van der Waals surface area contributed by atoms with E-state index in [0.717, 1.165) is 19.5 Å². The molecular weight excluding hydrogens is 275 g/mol. The molecule has 1 unspecified atom stereocenters. The Hall–Kier alpha value is -0.640. The van der Waals surface area contributed by atoms with Gasteiger partial charge in [-0.2, -0.15) is 0 Å². The van der Waals surface area contributed by atoms with Crippen molar-refractivity contribution >= 4 is 11.6 Å². The fourth-order valence-corrected chi connectivity index (χ4v) is 2.80. The lowest BCUT2D eigenvalue weighted by atomic mass is 9.88. The minimum absolute atomic E-state index is 0.00341. The van der Waals surface area contributed by atoms with Crippen LogP contribution in [0.4, 0.5) is 4.39 Å². The number of benzene rings is 1. The zero-order valence-corrected chi connectivity index (χ0v) is 13.5. The molecule has 1 aliphatic heterocycles. The van der Waals surface area contributed by atoms with Crippen molar-refractivity contribution in [2.75, 3.05) is 13.1 Å². The van der Waals surface area contributed by atoms with Crippen LogP contribution in [0.15, 0.2) is 18.2 Å². The van der Waals surface area contributed by atoms with E-state index in [4.69, 9.17) is 11.6 Å². The van der Waals surface area contributed by atoms with Crippen LogP contribution in [0.3, 0.4) is 0 Å². The molecule has 0 radical (unpaired) electrons. The van der Waals surface area contributed by atoms with Crippen LogP contribution in [0, 0.1) is 5.82 Å². The number of nitrogens with one attached hydrogen (secondary N) is 1. The Bertz CT molecular complexity index is 489. The predicted molar refractivity (Wildman–Crippen MR) is 82.6 cm³/mol. The van der Waals surface area contributed by atoms with Gasteiger partial charge in [-0.1, -0.05) is 18.5 Å². The first-order valence-electron chi connectivity index (χ1n) is 7.20. The second-order valence-corrected chi connectivity index (χ2v) is 7.11. The van der Waals surface area contributed by atoms with Gasteiger partial charge in [0.15, 0.2) is 0 Å². The first-order valence-corrected chi connectivity index (χ1v) is 7.57. The van der Waals surface area contributed by atoms with Gasteiger partial charge in [0, 0.05) is 41.3 Å². The third-order valence-corrected chi connectivity index (χ3v) is 4.73. The Kier molecular flexibility index (Phi) is 4.43. The van der Waals surface area contributed by atoms with E-state index in [1.165, 1.54) is 6.07 Å². The first-order chi connectivity index (χ1) is 9.26. The Balaban J connectivity index is 2.22. The highest BCUT2D eigenvalue weighted by Crippen LogP contribution is 2.28. The molecule has 2 rings (SSSR count). The summed E-state index contributed by atoms with van der Waals surface area (Å²) in [7, 11) is 0. The molecule has 112 valence electrons. The van der Waals surface area contributed by atoms with E-state index in [-0.39, 0.29) is 16.9 Å². The summed E-state index contributed by atoms with van der Waals surface area (Å²) < 4.78 is 13.9. The van der Waals surface area contributed by atoms with Crippen LogP contribution < -0.4 is 5.32 Å². The highest BCUT2D eigenvalue weighted by molar-refractivity contribution is 6.30. The van der Waals surface area contributed by atoms with Crippen LogP contribution in [-0.4, -0.2) is 29.1 Å². The third-order valence-electron chi connectivity index (χ3n) is 4.49. The molecule has 1 aromatic carbocycles. The maximum atomic E-state index is 13.9. The molecule has 1 fully saturated rings. The highest BCUT2D eigenvalue weighted by atomic mass is 35.5. The number of rotatable bonds is 3. The van der Waals surface area contributed by atoms with E-state index in [0.29, 0.717) is 17.1 Å². The standard InChI is InChI=1S/C16H24ClFN2/c1-5-16(4)11-20(15(2,3)10-19-16)9-12-8-13(17)6-7-14(12)18/h6-8,19H,5,9-11H2,1-4H3. The fourth-order valence-electron chi connectivity index (χ4n) is 2.61. The first kappa shape index (κ1) is 15.7. The summed E-state index contributed by atoms with van der Waals surface area (Å²) in [6, 6.07) is 4.78. The Morgan fingerprint density at radius 1 is 1.35 bits per heavy atom. The molecule has 1 N–H and O–H groups in total. The molecule has 1 aromatic rings. The van der Waals surface area contributed by atoms with Gasteiger partial charge in [0.25, 0.3) is 0 Å². The Morgan fingerprint density at radius 2 is 2.05 bits per heavy atom. The van der Waals surface area contributed by atoms with Gasteiger partial charge in [-0.25, -0.2) is 4.39 Å². The topological polar surface area (TPSA) is 15.3 Å². The molecule has 1 heterocycles. The number of hydrogen-bond acceptors (Lipinski definition) is 2. The van der Waals surface area contributed by atoms with Gasteiger partial charge in [-0.05, 0) is 45.4 Å². The van der Waals surface area contributed by atoms with Crippen LogP contribution in [0.25, 0.3) is 0 Å². The molecule has 0 saturated carbocycles. The lowest BCUT2D eigenvalue weighted by Gasteiger charge is -2.50. The van der Waals surface area contributed by atoms with Crippen molar-refractivity contribution in [3.05, 3.63) is 34.6 Å². The van der Waals surface area contributed by atoms with E-state index in [9.17, 15) is 4.39 Å². The maximum absolute atomic E-state index is 13.9. The van der Waals surface area contributed by atoms with Crippen LogP contribution in [-0.2, 0) is 6.54 Å². The van der Waals surface area contributed by atoms with E-state index in [1.54, 1.807) is 12.1 Å². The van der Waals surface area contributed by atoms with Crippen molar-refractivity contribution in [3.8, 4) is 0 Å². The number of halogens is 2. The predicted octanol–water partition coefficient (Wildman–Crippen LogP) is 3.83. The summed E-state index contributed by atoms with van der Waals surface area (Å²) in [5.41, 5.74) is 0.763. The monoisotopic (exact) mass is 298 g/mol. The quantitative estimate of drug-likeness (QED) is 0.912. The summed E-state index contributed by atoms with van der Waals surface area (Å²) >= 11 is 5.99. The number of piperazine rings is 1. The normalized spacial score (nSPS) is 26.7. The minimum atomic E-state index is -0.179. The van der Waals surface area contributed by atoms with Crippen molar-refractivity contribution in [2.45, 2.75) is 51.7 Å². The molecule has 1 saturated heterocycles. The molecule has 0 aliphatic carbocycles. The molecule has 0 amide bonds. The summed E-state index contributed by atoms with van der Waals surface area (Å²) in [4.78, 5) is 2.35. The van der Waals surface area contributed by atoms with E-state index >= 15 is 0 Å². The highest BCUT2D eigenvalue weighted by Gasteiger charge is 2.39. The second-order valence-electron chi connectivity index (χ2n) is 6.67. The average molecular weight is 299 g/mol. The van der Waals surface area contributed by atoms with E-state index in [1.807, 2.05) is 0 Å². The summed E-state index contributed by atoms with van der Waals surface area (Å²) in [5, 5.41) is 4.21. The van der Waals surface area contributed by atoms with Crippen molar-refractivity contribution < 1.29 is 4.39 Å². The molecule has 0 spiro atoms. The Morgan fingerprint density at radius 3 is 2.70 bits per heavy atom. The third kappa shape index (κ3) is 3.33. The molecule has 0 aromatic heterocycles. The largest absolute Gasteiger partial charge is 0.308 e. The lowest BCUT2D eigenvalue weighted by Crippen LogP contribution is -2.66. The van der Waals surface area contributed by atoms with Crippen molar-refractivity contribution in [1.82, 2.24) is 10.2 Å². The average Bonchev–Trinajstić information content (AvgIpc) is 2.39. The molecule has 20 heavy (non-hydrogen) atoms. The SMILES string of the molecule is CCC1(C)CN(Cc2cc(Cl)ccc2F)C(C)(C)CN1. The Labute approximate surface area is 126 Å². The lowest BCUT2D eigenvalue weighted by molar-refractivity contribution is 0.0238. The zero-order valence-electron chi connectivity index (χ0n) is 12.8.